The zero-order valence-corrected chi connectivity index (χ0v) is 51.9. The van der Waals surface area contributed by atoms with Crippen LogP contribution in [-0.2, 0) is 27.5 Å². The molecule has 0 aliphatic carbocycles. The van der Waals surface area contributed by atoms with Crippen molar-refractivity contribution < 1.29 is 21.1 Å². The molecule has 6 nitrogen and oxygen atoms in total. The number of hydrogen-bond acceptors (Lipinski definition) is 2. The number of imidazole rings is 2. The van der Waals surface area contributed by atoms with Crippen LogP contribution in [0.5, 0.6) is 0 Å². The van der Waals surface area contributed by atoms with Crippen molar-refractivity contribution in [3.8, 4) is 55.9 Å². The van der Waals surface area contributed by atoms with Gasteiger partial charge in [0.05, 0.1) is 33.4 Å². The Labute approximate surface area is 535 Å². The molecule has 0 amide bonds. The summed E-state index contributed by atoms with van der Waals surface area (Å²) >= 11 is 0. The first-order valence-electron chi connectivity index (χ1n) is 30.8. The molecule has 18 rings (SSSR count). The van der Waals surface area contributed by atoms with Crippen LogP contribution >= 0.6 is 0 Å². The maximum Gasteiger partial charge on any atom is 2.00 e. The molecule has 0 radical (unpaired) electrons. The Morgan fingerprint density at radius 2 is 0.722 bits per heavy atom. The third-order valence-corrected chi connectivity index (χ3v) is 18.4. The predicted molar refractivity (Wildman–Crippen MR) is 372 cm³/mol. The van der Waals surface area contributed by atoms with E-state index in [1.165, 1.54) is 133 Å². The fraction of sp³-hybridized carbons (Fsp3) is 0.0602. The topological polar surface area (TPSA) is 44.5 Å². The van der Waals surface area contributed by atoms with Crippen molar-refractivity contribution >= 4 is 98.3 Å². The third kappa shape index (κ3) is 9.20. The number of pyridine rings is 2. The Morgan fingerprint density at radius 3 is 1.18 bits per heavy atom. The van der Waals surface area contributed by atoms with Gasteiger partial charge in [-0.1, -0.05) is 171 Å². The quantitative estimate of drug-likeness (QED) is 0.107. The van der Waals surface area contributed by atoms with Gasteiger partial charge in [-0.3, -0.25) is 9.97 Å². The molecular formula is C83H58N6Pt. The minimum Gasteiger partial charge on any atom is -0.340 e. The predicted octanol–water partition coefficient (Wildman–Crippen LogP) is 21.3. The van der Waals surface area contributed by atoms with E-state index in [0.717, 1.165) is 39.5 Å². The summed E-state index contributed by atoms with van der Waals surface area (Å²) in [5.41, 5.74) is 22.5. The largest absolute Gasteiger partial charge is 2.00 e. The average Bonchev–Trinajstić information content (AvgIpc) is 1.53. The maximum absolute atomic E-state index is 4.63. The molecule has 0 aliphatic heterocycles. The van der Waals surface area contributed by atoms with Crippen molar-refractivity contribution in [1.29, 1.82) is 0 Å². The van der Waals surface area contributed by atoms with Gasteiger partial charge in [0.15, 0.2) is 0 Å². The van der Waals surface area contributed by atoms with Crippen molar-refractivity contribution in [2.45, 2.75) is 26.7 Å². The van der Waals surface area contributed by atoms with E-state index in [1.807, 2.05) is 36.9 Å². The standard InChI is InChI=1S/C44H34N3.C39H24N3.Pt/c1-3-29(2)25-30-15-19-35(20-16-30)47-42-14-7-6-12-37(42)40-28-34(18-22-43(40)47)32-10-8-9-31(26-32)33-17-21-41-39(27-33)36-11-4-5-13-38(36)44-45-23-24-46(41)44;1-2-11-30(12-3-1)42-37-16-7-6-14-32(37)35-25-29(18-20-38(35)42)27-10-8-9-26(23-27)28-17-19-36-34(24-28)31-13-4-5-15-33(31)39-40-21-22-41(36)39;/h4-12,14-24,26-29H,3,25H2,1-2H3;1-14,16-25H;/q2*-1;+2. The van der Waals surface area contributed by atoms with Gasteiger partial charge in [-0.05, 0) is 158 Å². The van der Waals surface area contributed by atoms with E-state index in [2.05, 4.69) is 303 Å². The molecule has 7 heteroatoms. The Morgan fingerprint density at radius 1 is 0.344 bits per heavy atom. The van der Waals surface area contributed by atoms with Crippen molar-refractivity contribution in [2.24, 2.45) is 5.92 Å². The first-order chi connectivity index (χ1) is 44.0. The van der Waals surface area contributed by atoms with Crippen LogP contribution in [0.15, 0.2) is 286 Å². The smallest absolute Gasteiger partial charge is 0.340 e. The van der Waals surface area contributed by atoms with E-state index in [1.54, 1.807) is 0 Å². The molecule has 430 valence electrons. The summed E-state index contributed by atoms with van der Waals surface area (Å²) in [5, 5.41) is 11.9. The van der Waals surface area contributed by atoms with Crippen LogP contribution in [0, 0.1) is 18.1 Å². The van der Waals surface area contributed by atoms with Crippen molar-refractivity contribution in [3.05, 3.63) is 303 Å². The van der Waals surface area contributed by atoms with Crippen LogP contribution < -0.4 is 0 Å². The number of benzene rings is 12. The normalized spacial score (nSPS) is 12.1. The number of aromatic nitrogens is 6. The second-order valence-corrected chi connectivity index (χ2v) is 23.7. The van der Waals surface area contributed by atoms with Crippen LogP contribution in [-0.4, -0.2) is 27.9 Å². The summed E-state index contributed by atoms with van der Waals surface area (Å²) in [6.45, 7) is 4.60. The van der Waals surface area contributed by atoms with E-state index in [0.29, 0.717) is 5.92 Å². The van der Waals surface area contributed by atoms with Gasteiger partial charge in [0.1, 0.15) is 0 Å². The van der Waals surface area contributed by atoms with Crippen LogP contribution in [0.3, 0.4) is 0 Å². The van der Waals surface area contributed by atoms with Crippen LogP contribution in [0.25, 0.3) is 154 Å². The molecule has 0 spiro atoms. The fourth-order valence-corrected chi connectivity index (χ4v) is 13.9. The first-order valence-corrected chi connectivity index (χ1v) is 30.8. The molecule has 0 fully saturated rings. The molecular weight excluding hydrogens is 1280 g/mol. The molecule has 0 bridgehead atoms. The average molecular weight is 1330 g/mol. The molecule has 6 aromatic heterocycles. The van der Waals surface area contributed by atoms with Crippen LogP contribution in [0.1, 0.15) is 25.8 Å². The van der Waals surface area contributed by atoms with Gasteiger partial charge in [0, 0.05) is 68.7 Å². The van der Waals surface area contributed by atoms with Gasteiger partial charge in [-0.25, -0.2) is 0 Å². The Bertz CT molecular complexity index is 5790. The number of nitrogens with zero attached hydrogens (tertiary/aromatic N) is 6. The van der Waals surface area contributed by atoms with Gasteiger partial charge in [-0.15, -0.1) is 59.3 Å². The van der Waals surface area contributed by atoms with E-state index in [4.69, 9.17) is 0 Å². The number of hydrogen-bond donors (Lipinski definition) is 0. The van der Waals surface area contributed by atoms with E-state index in [-0.39, 0.29) is 21.1 Å². The first kappa shape index (κ1) is 54.7. The molecule has 1 atom stereocenters. The maximum atomic E-state index is 4.63. The minimum absolute atomic E-state index is 0. The second-order valence-electron chi connectivity index (χ2n) is 23.7. The summed E-state index contributed by atoms with van der Waals surface area (Å²) in [7, 11) is 0. The van der Waals surface area contributed by atoms with Gasteiger partial charge in [0.2, 0.25) is 0 Å². The zero-order valence-electron chi connectivity index (χ0n) is 49.6. The summed E-state index contributed by atoms with van der Waals surface area (Å²) in [4.78, 5) is 9.24. The van der Waals surface area contributed by atoms with Gasteiger partial charge in [0.25, 0.3) is 0 Å². The second kappa shape index (κ2) is 22.5. The zero-order chi connectivity index (χ0) is 59.1. The Balaban J connectivity index is 0.000000143. The number of rotatable bonds is 9. The van der Waals surface area contributed by atoms with Gasteiger partial charge >= 0.3 is 21.1 Å². The van der Waals surface area contributed by atoms with Crippen molar-refractivity contribution in [2.75, 3.05) is 0 Å². The molecule has 0 aliphatic rings. The van der Waals surface area contributed by atoms with Crippen molar-refractivity contribution in [3.63, 3.8) is 0 Å². The summed E-state index contributed by atoms with van der Waals surface area (Å²) in [5.74, 6) is 0.694. The molecule has 0 saturated carbocycles. The number of para-hydroxylation sites is 3. The van der Waals surface area contributed by atoms with E-state index >= 15 is 0 Å². The van der Waals surface area contributed by atoms with Gasteiger partial charge in [-0.2, -0.15) is 0 Å². The SMILES string of the molecule is CCC(C)Cc1ccc(-n2c3ccccc3c3cc(-c4cccc(-c5ccc6c(c5)c5ccc[c-]c5c5nccn65)c4)ccc32)cc1.[Pt+2].[c-]1cccc2c1c1nccn1c1ccc(-c3cccc(-c4ccc5c(c4)c4ccccc4n5-c4ccccc4)c3)cc21. The molecule has 0 N–H and O–H groups in total. The molecule has 90 heavy (non-hydrogen) atoms. The molecule has 12 aromatic carbocycles. The third-order valence-electron chi connectivity index (χ3n) is 18.4. The fourth-order valence-electron chi connectivity index (χ4n) is 13.9. The van der Waals surface area contributed by atoms with Crippen LogP contribution in [0.4, 0.5) is 0 Å². The van der Waals surface area contributed by atoms with Crippen molar-refractivity contribution in [1.82, 2.24) is 27.9 Å². The molecule has 1 unspecified atom stereocenters. The molecule has 6 heterocycles. The van der Waals surface area contributed by atoms with Gasteiger partial charge < -0.3 is 17.9 Å². The molecule has 18 aromatic rings. The molecule has 0 saturated heterocycles. The summed E-state index contributed by atoms with van der Waals surface area (Å²) in [6.07, 6.45) is 10.1. The monoisotopic (exact) mass is 1330 g/mol. The van der Waals surface area contributed by atoms with E-state index in [9.17, 15) is 0 Å². The summed E-state index contributed by atoms with van der Waals surface area (Å²) < 4.78 is 9.10. The number of fused-ring (bicyclic) bond motifs is 18. The van der Waals surface area contributed by atoms with E-state index < -0.39 is 0 Å². The summed E-state index contributed by atoms with van der Waals surface area (Å²) in [6, 6.07) is 102. The Hall–Kier alpha value is -10.7. The minimum atomic E-state index is 0. The van der Waals surface area contributed by atoms with Crippen LogP contribution in [0.2, 0.25) is 0 Å². The Kier molecular flexibility index (Phi) is 13.7.